The van der Waals surface area contributed by atoms with E-state index in [1.807, 2.05) is 43.3 Å². The molecule has 2 aromatic carbocycles. The second kappa shape index (κ2) is 6.00. The number of fused-ring (bicyclic) bond motifs is 1. The average Bonchev–Trinajstić information content (AvgIpc) is 3.01. The van der Waals surface area contributed by atoms with E-state index in [4.69, 9.17) is 14.9 Å². The van der Waals surface area contributed by atoms with Gasteiger partial charge in [-0.1, -0.05) is 12.1 Å². The number of nitrogens with one attached hydrogen (secondary N) is 1. The maximum Gasteiger partial charge on any atom is 0.237 e. The summed E-state index contributed by atoms with van der Waals surface area (Å²) in [5, 5.41) is 21.1. The first kappa shape index (κ1) is 14.3. The molecule has 0 unspecified atom stereocenters. The molecule has 23 heavy (non-hydrogen) atoms. The maximum atomic E-state index is 8.67. The van der Waals surface area contributed by atoms with Gasteiger partial charge >= 0.3 is 0 Å². The van der Waals surface area contributed by atoms with Gasteiger partial charge in [-0.3, -0.25) is 5.43 Å². The number of hydrazone groups is 1. The van der Waals surface area contributed by atoms with Crippen LogP contribution in [0.15, 0.2) is 52.0 Å². The van der Waals surface area contributed by atoms with Gasteiger partial charge in [-0.15, -0.1) is 0 Å². The standard InChI is InChI=1S/C17H11N5O/c1-11-8-12(6-7-14(11)22-21-13(9-18)10-19)17-20-15-4-2-3-5-16(15)23-17/h2-8,22H,1H3. The number of aryl methyl sites for hydroxylation is 1. The number of benzene rings is 2. The lowest BCUT2D eigenvalue weighted by molar-refractivity contribution is 0.620. The van der Waals surface area contributed by atoms with E-state index in [0.717, 1.165) is 22.2 Å². The normalized spacial score (nSPS) is 9.87. The molecular weight excluding hydrogens is 290 g/mol. The molecule has 0 bridgehead atoms. The van der Waals surface area contributed by atoms with Crippen molar-refractivity contribution in [2.24, 2.45) is 5.10 Å². The average molecular weight is 301 g/mol. The zero-order valence-corrected chi connectivity index (χ0v) is 12.2. The SMILES string of the molecule is Cc1cc(-c2nc3ccccc3o2)ccc1NN=C(C#N)C#N. The first-order chi connectivity index (χ1) is 11.2. The molecule has 0 aliphatic heterocycles. The van der Waals surface area contributed by atoms with Gasteiger partial charge in [0.2, 0.25) is 11.6 Å². The van der Waals surface area contributed by atoms with E-state index in [-0.39, 0.29) is 5.71 Å². The van der Waals surface area contributed by atoms with Crippen LogP contribution in [-0.2, 0) is 0 Å². The second-order valence-electron chi connectivity index (χ2n) is 4.81. The lowest BCUT2D eigenvalue weighted by Gasteiger charge is -2.05. The van der Waals surface area contributed by atoms with Crippen LogP contribution in [-0.4, -0.2) is 10.7 Å². The Labute approximate surface area is 132 Å². The van der Waals surface area contributed by atoms with Gasteiger partial charge < -0.3 is 4.42 Å². The third-order valence-corrected chi connectivity index (χ3v) is 3.27. The van der Waals surface area contributed by atoms with Crippen LogP contribution in [0.4, 0.5) is 5.69 Å². The Hall–Kier alpha value is -3.64. The Morgan fingerprint density at radius 2 is 1.96 bits per heavy atom. The molecule has 3 aromatic rings. The van der Waals surface area contributed by atoms with Crippen LogP contribution < -0.4 is 5.43 Å². The predicted octanol–water partition coefficient (Wildman–Crippen LogP) is 3.62. The predicted molar refractivity (Wildman–Crippen MR) is 86.5 cm³/mol. The van der Waals surface area contributed by atoms with E-state index < -0.39 is 0 Å². The smallest absolute Gasteiger partial charge is 0.237 e. The van der Waals surface area contributed by atoms with Crippen LogP contribution >= 0.6 is 0 Å². The fraction of sp³-hybridized carbons (Fsp3) is 0.0588. The first-order valence-corrected chi connectivity index (χ1v) is 6.82. The van der Waals surface area contributed by atoms with Gasteiger partial charge in [-0.2, -0.15) is 15.6 Å². The number of rotatable bonds is 3. The summed E-state index contributed by atoms with van der Waals surface area (Å²) in [5.74, 6) is 0.541. The van der Waals surface area contributed by atoms with E-state index in [9.17, 15) is 0 Å². The summed E-state index contributed by atoms with van der Waals surface area (Å²) < 4.78 is 5.74. The van der Waals surface area contributed by atoms with Gasteiger partial charge in [0.25, 0.3) is 0 Å². The largest absolute Gasteiger partial charge is 0.436 e. The highest BCUT2D eigenvalue weighted by Crippen LogP contribution is 2.27. The van der Waals surface area contributed by atoms with Crippen molar-refractivity contribution in [2.45, 2.75) is 6.92 Å². The van der Waals surface area contributed by atoms with Crippen molar-refractivity contribution in [1.29, 1.82) is 10.5 Å². The van der Waals surface area contributed by atoms with Crippen molar-refractivity contribution in [2.75, 3.05) is 5.43 Å². The summed E-state index contributed by atoms with van der Waals surface area (Å²) in [6, 6.07) is 16.5. The second-order valence-corrected chi connectivity index (χ2v) is 4.81. The first-order valence-electron chi connectivity index (χ1n) is 6.82. The maximum absolute atomic E-state index is 8.67. The molecule has 0 aliphatic carbocycles. The number of aromatic nitrogens is 1. The highest BCUT2D eigenvalue weighted by atomic mass is 16.3. The molecule has 0 aliphatic rings. The third kappa shape index (κ3) is 2.87. The lowest BCUT2D eigenvalue weighted by Crippen LogP contribution is -1.98. The number of oxazole rings is 1. The Morgan fingerprint density at radius 1 is 1.17 bits per heavy atom. The van der Waals surface area contributed by atoms with Crippen LogP contribution in [0, 0.1) is 29.6 Å². The Kier molecular flexibility index (Phi) is 3.73. The van der Waals surface area contributed by atoms with Crippen molar-refractivity contribution >= 4 is 22.5 Å². The van der Waals surface area contributed by atoms with Crippen molar-refractivity contribution in [3.63, 3.8) is 0 Å². The monoisotopic (exact) mass is 301 g/mol. The minimum Gasteiger partial charge on any atom is -0.436 e. The molecule has 1 heterocycles. The summed E-state index contributed by atoms with van der Waals surface area (Å²) in [4.78, 5) is 4.45. The number of hydrogen-bond donors (Lipinski definition) is 1. The van der Waals surface area contributed by atoms with Crippen LogP contribution in [0.5, 0.6) is 0 Å². The fourth-order valence-corrected chi connectivity index (χ4v) is 2.11. The molecule has 0 saturated carbocycles. The van der Waals surface area contributed by atoms with Gasteiger partial charge in [0, 0.05) is 5.56 Å². The van der Waals surface area contributed by atoms with E-state index in [1.54, 1.807) is 18.2 Å². The summed E-state index contributed by atoms with van der Waals surface area (Å²) in [7, 11) is 0. The number of nitrogens with zero attached hydrogens (tertiary/aromatic N) is 4. The molecule has 0 atom stereocenters. The van der Waals surface area contributed by atoms with Gasteiger partial charge in [-0.05, 0) is 42.8 Å². The van der Waals surface area contributed by atoms with Crippen LogP contribution in [0.3, 0.4) is 0 Å². The minimum atomic E-state index is -0.229. The van der Waals surface area contributed by atoms with Gasteiger partial charge in [0.05, 0.1) is 5.69 Å². The highest BCUT2D eigenvalue weighted by Gasteiger charge is 2.09. The molecule has 3 rings (SSSR count). The molecule has 110 valence electrons. The summed E-state index contributed by atoms with van der Waals surface area (Å²) >= 11 is 0. The molecular formula is C17H11N5O. The molecule has 0 saturated heterocycles. The van der Waals surface area contributed by atoms with E-state index in [1.165, 1.54) is 0 Å². The summed E-state index contributed by atoms with van der Waals surface area (Å²) in [5.41, 5.74) is 6.46. The molecule has 0 spiro atoms. The Bertz CT molecular complexity index is 939. The van der Waals surface area contributed by atoms with Crippen LogP contribution in [0.25, 0.3) is 22.6 Å². The van der Waals surface area contributed by atoms with Gasteiger partial charge in [0.15, 0.2) is 5.58 Å². The van der Waals surface area contributed by atoms with Crippen molar-refractivity contribution in [3.05, 3.63) is 48.0 Å². The molecule has 0 amide bonds. The Balaban J connectivity index is 1.92. The zero-order valence-electron chi connectivity index (χ0n) is 12.2. The number of hydrogen-bond acceptors (Lipinski definition) is 6. The fourth-order valence-electron chi connectivity index (χ4n) is 2.11. The number of para-hydroxylation sites is 2. The summed E-state index contributed by atoms with van der Waals surface area (Å²) in [6.45, 7) is 1.89. The van der Waals surface area contributed by atoms with E-state index in [0.29, 0.717) is 11.6 Å². The molecule has 6 heteroatoms. The molecule has 6 nitrogen and oxygen atoms in total. The zero-order chi connectivity index (χ0) is 16.2. The lowest BCUT2D eigenvalue weighted by atomic mass is 10.1. The number of nitriles is 2. The summed E-state index contributed by atoms with van der Waals surface area (Å²) in [6.07, 6.45) is 0. The third-order valence-electron chi connectivity index (χ3n) is 3.27. The van der Waals surface area contributed by atoms with Crippen LogP contribution in [0.1, 0.15) is 5.56 Å². The van der Waals surface area contributed by atoms with E-state index in [2.05, 4.69) is 15.5 Å². The molecule has 0 radical (unpaired) electrons. The Morgan fingerprint density at radius 3 is 2.65 bits per heavy atom. The van der Waals surface area contributed by atoms with E-state index >= 15 is 0 Å². The van der Waals surface area contributed by atoms with Gasteiger partial charge in [-0.25, -0.2) is 4.98 Å². The van der Waals surface area contributed by atoms with Crippen LogP contribution in [0.2, 0.25) is 0 Å². The number of anilines is 1. The molecule has 0 fully saturated rings. The van der Waals surface area contributed by atoms with Crippen molar-refractivity contribution in [1.82, 2.24) is 4.98 Å². The molecule has 1 aromatic heterocycles. The van der Waals surface area contributed by atoms with Crippen molar-refractivity contribution in [3.8, 4) is 23.6 Å². The highest BCUT2D eigenvalue weighted by molar-refractivity contribution is 6.10. The quantitative estimate of drug-likeness (QED) is 0.588. The molecule has 1 N–H and O–H groups in total. The minimum absolute atomic E-state index is 0.229. The topological polar surface area (TPSA) is 98.0 Å². The van der Waals surface area contributed by atoms with Gasteiger partial charge in [0.1, 0.15) is 17.7 Å². The van der Waals surface area contributed by atoms with Crippen molar-refractivity contribution < 1.29 is 4.42 Å².